The summed E-state index contributed by atoms with van der Waals surface area (Å²) in [5.41, 5.74) is 0. The molecule has 3 nitrogen and oxygen atoms in total. The second-order valence-electron chi connectivity index (χ2n) is 3.10. The fourth-order valence-electron chi connectivity index (χ4n) is 1.57. The van der Waals surface area contributed by atoms with Gasteiger partial charge in [-0.15, -0.1) is 0 Å². The van der Waals surface area contributed by atoms with Crippen molar-refractivity contribution in [2.75, 3.05) is 6.61 Å². The van der Waals surface area contributed by atoms with Crippen molar-refractivity contribution in [2.45, 2.75) is 44.8 Å². The molecule has 0 aromatic rings. The Morgan fingerprint density at radius 3 is 3.00 bits per heavy atom. The molecule has 68 valence electrons. The summed E-state index contributed by atoms with van der Waals surface area (Å²) in [6, 6.07) is 0.0304. The van der Waals surface area contributed by atoms with Gasteiger partial charge in [0.25, 0.3) is 0 Å². The maximum atomic E-state index is 10.1. The summed E-state index contributed by atoms with van der Waals surface area (Å²) in [7, 11) is 0. The van der Waals surface area contributed by atoms with Crippen molar-refractivity contribution < 1.29 is 9.53 Å². The van der Waals surface area contributed by atoms with E-state index in [0.717, 1.165) is 25.9 Å². The standard InChI is InChI=1S/C9H15NO2/c1-2-8(10-7-11)9-5-3-4-6-12-9/h8-9H,2-6H2,1H3. The number of hydrogen-bond donors (Lipinski definition) is 0. The van der Waals surface area contributed by atoms with Gasteiger partial charge in [0, 0.05) is 6.61 Å². The van der Waals surface area contributed by atoms with Gasteiger partial charge in [-0.2, -0.15) is 4.99 Å². The van der Waals surface area contributed by atoms with Gasteiger partial charge in [0.1, 0.15) is 0 Å². The Bertz CT molecular complexity index is 169. The van der Waals surface area contributed by atoms with Crippen molar-refractivity contribution in [3.63, 3.8) is 0 Å². The van der Waals surface area contributed by atoms with Crippen LogP contribution < -0.4 is 0 Å². The highest BCUT2D eigenvalue weighted by Gasteiger charge is 2.22. The van der Waals surface area contributed by atoms with Gasteiger partial charge in [-0.05, 0) is 25.7 Å². The first kappa shape index (κ1) is 9.43. The number of ether oxygens (including phenoxy) is 1. The van der Waals surface area contributed by atoms with E-state index in [0.29, 0.717) is 0 Å². The van der Waals surface area contributed by atoms with Gasteiger partial charge in [0.05, 0.1) is 12.1 Å². The largest absolute Gasteiger partial charge is 0.376 e. The molecule has 1 saturated heterocycles. The van der Waals surface area contributed by atoms with Gasteiger partial charge in [-0.3, -0.25) is 0 Å². The summed E-state index contributed by atoms with van der Waals surface area (Å²) < 4.78 is 5.51. The Morgan fingerprint density at radius 1 is 1.67 bits per heavy atom. The summed E-state index contributed by atoms with van der Waals surface area (Å²) in [6.07, 6.45) is 5.99. The van der Waals surface area contributed by atoms with E-state index >= 15 is 0 Å². The van der Waals surface area contributed by atoms with Crippen LogP contribution in [0.5, 0.6) is 0 Å². The lowest BCUT2D eigenvalue weighted by molar-refractivity contribution is 0.000437. The molecule has 0 aliphatic carbocycles. The van der Waals surface area contributed by atoms with Gasteiger partial charge in [-0.25, -0.2) is 4.79 Å². The lowest BCUT2D eigenvalue weighted by Crippen LogP contribution is -2.30. The fourth-order valence-corrected chi connectivity index (χ4v) is 1.57. The fraction of sp³-hybridized carbons (Fsp3) is 0.889. The molecular weight excluding hydrogens is 154 g/mol. The molecular formula is C9H15NO2. The number of carbonyl (C=O) groups excluding carboxylic acids is 1. The van der Waals surface area contributed by atoms with Crippen LogP contribution in [-0.4, -0.2) is 24.8 Å². The van der Waals surface area contributed by atoms with Crippen molar-refractivity contribution in [1.29, 1.82) is 0 Å². The zero-order valence-electron chi connectivity index (χ0n) is 7.45. The average molecular weight is 169 g/mol. The SMILES string of the molecule is CCC(N=C=O)C1CCCCO1. The molecule has 1 rings (SSSR count). The van der Waals surface area contributed by atoms with E-state index in [-0.39, 0.29) is 12.1 Å². The van der Waals surface area contributed by atoms with Crippen LogP contribution in [0.25, 0.3) is 0 Å². The second kappa shape index (κ2) is 5.07. The Hall–Kier alpha value is -0.660. The highest BCUT2D eigenvalue weighted by Crippen LogP contribution is 2.19. The molecule has 0 bridgehead atoms. The predicted octanol–water partition coefficient (Wildman–Crippen LogP) is 1.67. The summed E-state index contributed by atoms with van der Waals surface area (Å²) in [6.45, 7) is 2.83. The first-order valence-corrected chi connectivity index (χ1v) is 4.57. The van der Waals surface area contributed by atoms with Crippen molar-refractivity contribution in [1.82, 2.24) is 0 Å². The highest BCUT2D eigenvalue weighted by atomic mass is 16.5. The third-order valence-corrected chi connectivity index (χ3v) is 2.28. The monoisotopic (exact) mass is 169 g/mol. The van der Waals surface area contributed by atoms with Gasteiger partial charge in [0.15, 0.2) is 0 Å². The van der Waals surface area contributed by atoms with E-state index in [2.05, 4.69) is 4.99 Å². The minimum absolute atomic E-state index is 0.0304. The van der Waals surface area contributed by atoms with Gasteiger partial charge in [-0.1, -0.05) is 6.92 Å². The third-order valence-electron chi connectivity index (χ3n) is 2.28. The summed E-state index contributed by atoms with van der Waals surface area (Å²) in [4.78, 5) is 13.8. The van der Waals surface area contributed by atoms with Crippen LogP contribution in [0.1, 0.15) is 32.6 Å². The highest BCUT2D eigenvalue weighted by molar-refractivity contribution is 5.33. The second-order valence-corrected chi connectivity index (χ2v) is 3.10. The van der Waals surface area contributed by atoms with Crippen molar-refractivity contribution in [2.24, 2.45) is 4.99 Å². The maximum Gasteiger partial charge on any atom is 0.235 e. The number of aliphatic imine (C=N–C) groups is 1. The molecule has 1 fully saturated rings. The lowest BCUT2D eigenvalue weighted by atomic mass is 10.0. The van der Waals surface area contributed by atoms with Gasteiger partial charge in [0.2, 0.25) is 6.08 Å². The van der Waals surface area contributed by atoms with E-state index in [1.165, 1.54) is 6.42 Å². The predicted molar refractivity (Wildman–Crippen MR) is 45.8 cm³/mol. The minimum Gasteiger partial charge on any atom is -0.376 e. The average Bonchev–Trinajstić information content (AvgIpc) is 2.15. The van der Waals surface area contributed by atoms with Crippen molar-refractivity contribution in [3.8, 4) is 0 Å². The van der Waals surface area contributed by atoms with E-state index < -0.39 is 0 Å². The van der Waals surface area contributed by atoms with Crippen LogP contribution in [0.3, 0.4) is 0 Å². The van der Waals surface area contributed by atoms with Crippen LogP contribution in [-0.2, 0) is 9.53 Å². The van der Waals surface area contributed by atoms with Crippen molar-refractivity contribution in [3.05, 3.63) is 0 Å². The Balaban J connectivity index is 2.45. The van der Waals surface area contributed by atoms with Crippen LogP contribution >= 0.6 is 0 Å². The van der Waals surface area contributed by atoms with Gasteiger partial charge < -0.3 is 4.74 Å². The molecule has 2 atom stereocenters. The molecule has 12 heavy (non-hydrogen) atoms. The zero-order valence-corrected chi connectivity index (χ0v) is 7.45. The topological polar surface area (TPSA) is 38.7 Å². The summed E-state index contributed by atoms with van der Waals surface area (Å²) in [5, 5.41) is 0. The molecule has 1 aliphatic heterocycles. The summed E-state index contributed by atoms with van der Waals surface area (Å²) >= 11 is 0. The Labute approximate surface area is 72.8 Å². The van der Waals surface area contributed by atoms with E-state index in [4.69, 9.17) is 4.74 Å². The van der Waals surface area contributed by atoms with Gasteiger partial charge >= 0.3 is 0 Å². The van der Waals surface area contributed by atoms with Crippen LogP contribution in [0, 0.1) is 0 Å². The Morgan fingerprint density at radius 2 is 2.50 bits per heavy atom. The number of isocyanates is 1. The minimum atomic E-state index is 0.0304. The smallest absolute Gasteiger partial charge is 0.235 e. The van der Waals surface area contributed by atoms with E-state index in [1.54, 1.807) is 6.08 Å². The molecule has 2 unspecified atom stereocenters. The molecule has 0 aromatic heterocycles. The quantitative estimate of drug-likeness (QED) is 0.476. The lowest BCUT2D eigenvalue weighted by Gasteiger charge is -2.26. The third kappa shape index (κ3) is 2.43. The van der Waals surface area contributed by atoms with E-state index in [1.807, 2.05) is 6.92 Å². The molecule has 0 spiro atoms. The first-order valence-electron chi connectivity index (χ1n) is 4.57. The molecule has 1 heterocycles. The molecule has 0 radical (unpaired) electrons. The first-order chi connectivity index (χ1) is 5.88. The molecule has 0 N–H and O–H groups in total. The summed E-state index contributed by atoms with van der Waals surface area (Å²) in [5.74, 6) is 0. The molecule has 0 aromatic carbocycles. The molecule has 3 heteroatoms. The zero-order chi connectivity index (χ0) is 8.81. The molecule has 0 amide bonds. The number of rotatable bonds is 3. The van der Waals surface area contributed by atoms with Crippen LogP contribution in [0.15, 0.2) is 4.99 Å². The Kier molecular flexibility index (Phi) is 3.98. The maximum absolute atomic E-state index is 10.1. The number of nitrogens with zero attached hydrogens (tertiary/aromatic N) is 1. The van der Waals surface area contributed by atoms with Crippen LogP contribution in [0.4, 0.5) is 0 Å². The van der Waals surface area contributed by atoms with Crippen molar-refractivity contribution >= 4 is 6.08 Å². The molecule has 0 saturated carbocycles. The van der Waals surface area contributed by atoms with E-state index in [9.17, 15) is 4.79 Å². The number of hydrogen-bond acceptors (Lipinski definition) is 3. The normalized spacial score (nSPS) is 25.9. The van der Waals surface area contributed by atoms with Crippen LogP contribution in [0.2, 0.25) is 0 Å². The molecule has 1 aliphatic rings.